The highest BCUT2D eigenvalue weighted by atomic mass is 32.2. The Kier molecular flexibility index (Phi) is 12.5. The number of alkyl halides is 1. The lowest BCUT2D eigenvalue weighted by Gasteiger charge is -2.38. The number of carbonyl (C=O) groups excluding carboxylic acids is 4. The van der Waals surface area contributed by atoms with E-state index in [-0.39, 0.29) is 60.3 Å². The van der Waals surface area contributed by atoms with Crippen LogP contribution in [0.3, 0.4) is 0 Å². The maximum atomic E-state index is 15.2. The summed E-state index contributed by atoms with van der Waals surface area (Å²) in [5.41, 5.74) is 1.04. The van der Waals surface area contributed by atoms with Crippen LogP contribution in [0.25, 0.3) is 16.6 Å². The molecule has 0 radical (unpaired) electrons. The molecular formula is C48H47F2N11O8S. The quantitative estimate of drug-likeness (QED) is 0.168. The molecule has 4 amide bonds. The molecule has 22 heteroatoms. The third kappa shape index (κ3) is 9.02. The lowest BCUT2D eigenvalue weighted by atomic mass is 9.93. The second-order valence-electron chi connectivity index (χ2n) is 18.1. The zero-order chi connectivity index (χ0) is 48.8. The van der Waals surface area contributed by atoms with Gasteiger partial charge in [-0.1, -0.05) is 0 Å². The summed E-state index contributed by atoms with van der Waals surface area (Å²) in [5, 5.41) is 12.3. The Morgan fingerprint density at radius 1 is 0.829 bits per heavy atom. The minimum Gasteiger partial charge on any atom is -0.453 e. The number of carbonyl (C=O) groups is 4. The van der Waals surface area contributed by atoms with Gasteiger partial charge < -0.3 is 14.5 Å². The molecule has 0 saturated carbocycles. The van der Waals surface area contributed by atoms with E-state index < -0.39 is 68.7 Å². The fourth-order valence-corrected chi connectivity index (χ4v) is 11.1. The van der Waals surface area contributed by atoms with E-state index in [0.717, 1.165) is 97.9 Å². The average Bonchev–Trinajstić information content (AvgIpc) is 3.92. The molecular weight excluding hydrogens is 929 g/mol. The molecule has 70 heavy (non-hydrogen) atoms. The highest BCUT2D eigenvalue weighted by molar-refractivity contribution is 7.90. The Bertz CT molecular complexity index is 3150. The van der Waals surface area contributed by atoms with Crippen molar-refractivity contribution in [2.45, 2.75) is 50.7 Å². The first kappa shape index (κ1) is 46.4. The maximum absolute atomic E-state index is 15.2. The van der Waals surface area contributed by atoms with Crippen molar-refractivity contribution in [1.29, 1.82) is 5.26 Å². The smallest absolute Gasteiger partial charge is 0.301 e. The van der Waals surface area contributed by atoms with Gasteiger partial charge in [-0.15, -0.1) is 0 Å². The number of piperazine rings is 1. The first-order valence-corrected chi connectivity index (χ1v) is 24.6. The van der Waals surface area contributed by atoms with Gasteiger partial charge >= 0.3 is 10.2 Å². The molecule has 2 N–H and O–H groups in total. The first-order valence-electron chi connectivity index (χ1n) is 23.1. The molecule has 0 aliphatic carbocycles. The number of hydrogen-bond donors (Lipinski definition) is 2. The number of benzene rings is 3. The van der Waals surface area contributed by atoms with Crippen LogP contribution in [0.2, 0.25) is 0 Å². The number of halogens is 2. The van der Waals surface area contributed by atoms with Crippen LogP contribution >= 0.6 is 0 Å². The second-order valence-corrected chi connectivity index (χ2v) is 19.7. The molecule has 19 nitrogen and oxygen atoms in total. The van der Waals surface area contributed by atoms with Gasteiger partial charge in [0.2, 0.25) is 11.8 Å². The molecule has 2 atom stereocenters. The molecule has 2 aromatic heterocycles. The Balaban J connectivity index is 0.719. The summed E-state index contributed by atoms with van der Waals surface area (Å²) in [7, 11) is -4.25. The number of hydrogen-bond acceptors (Lipinski definition) is 14. The third-order valence-electron chi connectivity index (χ3n) is 13.8. The van der Waals surface area contributed by atoms with E-state index in [1.165, 1.54) is 29.1 Å². The number of anilines is 3. The molecule has 362 valence electrons. The lowest BCUT2D eigenvalue weighted by molar-refractivity contribution is -0.136. The predicted octanol–water partition coefficient (Wildman–Crippen LogP) is 4.11. The summed E-state index contributed by atoms with van der Waals surface area (Å²) in [6.07, 6.45) is 4.94. The number of rotatable bonds is 12. The molecule has 4 saturated heterocycles. The number of ether oxygens (including phenoxy) is 1. The Morgan fingerprint density at radius 3 is 2.31 bits per heavy atom. The van der Waals surface area contributed by atoms with Gasteiger partial charge in [0.25, 0.3) is 17.4 Å². The number of nitrogens with zero attached hydrogens (tertiary/aromatic N) is 9. The highest BCUT2D eigenvalue weighted by Gasteiger charge is 2.45. The standard InChI is InChI=1S/C48H47F2N11O8S/c49-30-14-18-59(27-30)70(67,68)55-40-7-5-38(50)44(37(40)25-51)69-33-3-6-39-36(24-33)46(64)60(28-53-39)32-2-9-42(52-26-32)58-16-12-29(13-17-58)11-15-56-19-21-57(22-20-56)31-1-4-34-35(23-31)48(66)61(47(34)65)41-8-10-43(62)54-45(41)63/h1-7,9,23-24,26,28-30,41,55H,8,10-22,27H2,(H,54,62,63)/t30-,41?/m1/s1. The number of amides is 4. The van der Waals surface area contributed by atoms with Crippen molar-refractivity contribution in [1.82, 2.24) is 34.0 Å². The third-order valence-corrected chi connectivity index (χ3v) is 15.3. The molecule has 5 aromatic rings. The van der Waals surface area contributed by atoms with Crippen LogP contribution < -0.4 is 30.1 Å². The van der Waals surface area contributed by atoms with Crippen LogP contribution in [0.1, 0.15) is 64.8 Å². The van der Waals surface area contributed by atoms with E-state index in [9.17, 15) is 42.0 Å². The monoisotopic (exact) mass is 975 g/mol. The molecule has 0 bridgehead atoms. The molecule has 1 unspecified atom stereocenters. The SMILES string of the molecule is N#Cc1c(NS(=O)(=O)N2CC[C@@H](F)C2)ccc(F)c1Oc1ccc2ncn(-c3ccc(N4CCC(CCN5CCN(c6ccc7c(c6)C(=O)N(C6CCC(=O)NC6=O)C7=O)CC5)CC4)nc3)c(=O)c2c1. The number of nitrogens with one attached hydrogen (secondary N) is 2. The number of piperidine rings is 2. The number of pyridine rings is 1. The summed E-state index contributed by atoms with van der Waals surface area (Å²) in [6.45, 7) is 5.44. The normalized spacial score (nSPS) is 20.5. The van der Waals surface area contributed by atoms with E-state index in [0.29, 0.717) is 17.1 Å². The van der Waals surface area contributed by atoms with Crippen LogP contribution in [0, 0.1) is 23.1 Å². The van der Waals surface area contributed by atoms with Gasteiger partial charge in [0.15, 0.2) is 11.6 Å². The lowest BCUT2D eigenvalue weighted by Crippen LogP contribution is -2.54. The summed E-state index contributed by atoms with van der Waals surface area (Å²) in [5.74, 6) is -2.26. The molecule has 5 aliphatic rings. The Morgan fingerprint density at radius 2 is 1.60 bits per heavy atom. The number of imide groups is 2. The van der Waals surface area contributed by atoms with Gasteiger partial charge in [-0.3, -0.25) is 48.4 Å². The summed E-state index contributed by atoms with van der Waals surface area (Å²) in [4.78, 5) is 81.4. The molecule has 4 fully saturated rings. The fraction of sp³-hybridized carbons (Fsp3) is 0.375. The fourth-order valence-electron chi connectivity index (χ4n) is 9.84. The van der Waals surface area contributed by atoms with Crippen LogP contribution in [0.4, 0.5) is 26.0 Å². The van der Waals surface area contributed by atoms with Gasteiger partial charge in [-0.05, 0) is 105 Å². The minimum atomic E-state index is -4.25. The van der Waals surface area contributed by atoms with Crippen molar-refractivity contribution >= 4 is 61.9 Å². The topological polar surface area (TPSA) is 223 Å². The van der Waals surface area contributed by atoms with Crippen molar-refractivity contribution in [2.75, 3.05) is 73.4 Å². The largest absolute Gasteiger partial charge is 0.453 e. The van der Waals surface area contributed by atoms with Crippen molar-refractivity contribution in [2.24, 2.45) is 5.92 Å². The van der Waals surface area contributed by atoms with E-state index in [4.69, 9.17) is 9.72 Å². The molecule has 10 rings (SSSR count). The summed E-state index contributed by atoms with van der Waals surface area (Å²) in [6, 6.07) is 16.0. The minimum absolute atomic E-state index is 0.00596. The van der Waals surface area contributed by atoms with Gasteiger partial charge in [-0.25, -0.2) is 18.7 Å². The van der Waals surface area contributed by atoms with Crippen LogP contribution in [0.5, 0.6) is 11.5 Å². The molecule has 3 aromatic carbocycles. The molecule has 5 aliphatic heterocycles. The van der Waals surface area contributed by atoms with Crippen LogP contribution in [0.15, 0.2) is 78.0 Å². The maximum Gasteiger partial charge on any atom is 0.301 e. The second kappa shape index (κ2) is 18.9. The van der Waals surface area contributed by atoms with Crippen molar-refractivity contribution in [3.8, 4) is 23.3 Å². The number of aromatic nitrogens is 3. The van der Waals surface area contributed by atoms with Gasteiger partial charge in [0.05, 0.1) is 39.6 Å². The van der Waals surface area contributed by atoms with Crippen molar-refractivity contribution < 1.29 is 41.1 Å². The van der Waals surface area contributed by atoms with E-state index in [2.05, 4.69) is 29.7 Å². The predicted molar refractivity (Wildman–Crippen MR) is 251 cm³/mol. The summed E-state index contributed by atoms with van der Waals surface area (Å²) < 4.78 is 65.1. The Hall–Kier alpha value is -7.35. The highest BCUT2D eigenvalue weighted by Crippen LogP contribution is 2.36. The number of fused-ring (bicyclic) bond motifs is 2. The van der Waals surface area contributed by atoms with Gasteiger partial charge in [0.1, 0.15) is 41.7 Å². The first-order chi connectivity index (χ1) is 33.7. The van der Waals surface area contributed by atoms with E-state index in [1.54, 1.807) is 30.5 Å². The van der Waals surface area contributed by atoms with Gasteiger partial charge in [0, 0.05) is 64.5 Å². The average molecular weight is 976 g/mol. The van der Waals surface area contributed by atoms with Crippen molar-refractivity contribution in [3.05, 3.63) is 106 Å². The van der Waals surface area contributed by atoms with Gasteiger partial charge in [-0.2, -0.15) is 18.0 Å². The van der Waals surface area contributed by atoms with Crippen LogP contribution in [-0.4, -0.2) is 132 Å². The molecule has 7 heterocycles. The zero-order valence-electron chi connectivity index (χ0n) is 37.7. The van der Waals surface area contributed by atoms with E-state index in [1.807, 2.05) is 12.1 Å². The molecule has 0 spiro atoms. The van der Waals surface area contributed by atoms with Crippen molar-refractivity contribution in [3.63, 3.8) is 0 Å². The zero-order valence-corrected chi connectivity index (χ0v) is 38.5. The summed E-state index contributed by atoms with van der Waals surface area (Å²) >= 11 is 0. The Labute approximate surface area is 400 Å². The number of nitriles is 1. The van der Waals surface area contributed by atoms with Crippen LogP contribution in [-0.2, 0) is 19.8 Å². The van der Waals surface area contributed by atoms with E-state index >= 15 is 4.39 Å².